The molecule has 0 bridgehead atoms. The van der Waals surface area contributed by atoms with Gasteiger partial charge in [-0.15, -0.1) is 0 Å². The number of halogens is 1. The van der Waals surface area contributed by atoms with Crippen LogP contribution in [-0.2, 0) is 9.53 Å². The predicted octanol–water partition coefficient (Wildman–Crippen LogP) is 0.851. The number of rotatable bonds is 4. The fourth-order valence-electron chi connectivity index (χ4n) is 1.52. The lowest BCUT2D eigenvalue weighted by molar-refractivity contribution is -0.144. The highest BCUT2D eigenvalue weighted by Gasteiger charge is 2.19. The minimum absolute atomic E-state index is 0.194. The highest BCUT2D eigenvalue weighted by molar-refractivity contribution is 5.97. The van der Waals surface area contributed by atoms with Gasteiger partial charge in [0.25, 0.3) is 5.91 Å². The molecule has 1 amide bonds. The number of benzene rings is 1. The van der Waals surface area contributed by atoms with Crippen molar-refractivity contribution in [3.05, 3.63) is 35.1 Å². The summed E-state index contributed by atoms with van der Waals surface area (Å²) in [6, 6.07) is 2.86. The van der Waals surface area contributed by atoms with Crippen molar-refractivity contribution >= 4 is 11.9 Å². The molecule has 0 spiro atoms. The molecule has 1 aromatic carbocycles. The van der Waals surface area contributed by atoms with Gasteiger partial charge in [0.2, 0.25) is 0 Å². The van der Waals surface area contributed by atoms with Crippen molar-refractivity contribution in [2.75, 3.05) is 13.2 Å². The van der Waals surface area contributed by atoms with Gasteiger partial charge < -0.3 is 15.2 Å². The number of ether oxygens (including phenoxy) is 1. The second kappa shape index (κ2) is 8.02. The Morgan fingerprint density at radius 3 is 2.81 bits per heavy atom. The Bertz CT molecular complexity index is 589. The number of amides is 1. The van der Waals surface area contributed by atoms with Crippen molar-refractivity contribution in [3.8, 4) is 11.8 Å². The van der Waals surface area contributed by atoms with Gasteiger partial charge in [0.1, 0.15) is 18.5 Å². The van der Waals surface area contributed by atoms with E-state index in [0.717, 1.165) is 6.07 Å². The normalized spacial score (nSPS) is 11.0. The Morgan fingerprint density at radius 2 is 2.19 bits per heavy atom. The minimum atomic E-state index is -0.885. The Labute approximate surface area is 122 Å². The van der Waals surface area contributed by atoms with Gasteiger partial charge in [0.15, 0.2) is 0 Å². The molecule has 0 aliphatic heterocycles. The van der Waals surface area contributed by atoms with Gasteiger partial charge in [0.05, 0.1) is 12.2 Å². The van der Waals surface area contributed by atoms with E-state index in [4.69, 9.17) is 9.84 Å². The maximum absolute atomic E-state index is 13.7. The molecule has 0 heterocycles. The van der Waals surface area contributed by atoms with E-state index < -0.39 is 23.7 Å². The zero-order chi connectivity index (χ0) is 15.8. The molecular formula is C15H16FNO4. The fourth-order valence-corrected chi connectivity index (χ4v) is 1.52. The van der Waals surface area contributed by atoms with E-state index in [0.29, 0.717) is 5.56 Å². The number of aliphatic hydroxyl groups is 1. The largest absolute Gasteiger partial charge is 0.464 e. The lowest BCUT2D eigenvalue weighted by Crippen LogP contribution is -2.39. The zero-order valence-electron chi connectivity index (χ0n) is 11.8. The molecule has 0 fully saturated rings. The summed E-state index contributed by atoms with van der Waals surface area (Å²) in [7, 11) is 0. The third-order valence-electron chi connectivity index (χ3n) is 2.51. The average molecular weight is 293 g/mol. The summed E-state index contributed by atoms with van der Waals surface area (Å²) in [6.45, 7) is 2.96. The molecule has 1 aromatic rings. The SMILES string of the molecule is CCOC(=O)C(C)NC(=O)c1cc(C#CCO)ccc1F. The Balaban J connectivity index is 2.89. The van der Waals surface area contributed by atoms with Gasteiger partial charge in [-0.25, -0.2) is 9.18 Å². The molecule has 0 saturated carbocycles. The van der Waals surface area contributed by atoms with Crippen LogP contribution in [0.4, 0.5) is 4.39 Å². The van der Waals surface area contributed by atoms with E-state index in [1.807, 2.05) is 0 Å². The molecule has 0 aliphatic rings. The van der Waals surface area contributed by atoms with Gasteiger partial charge in [0, 0.05) is 5.56 Å². The third kappa shape index (κ3) is 4.89. The van der Waals surface area contributed by atoms with E-state index in [9.17, 15) is 14.0 Å². The first kappa shape index (κ1) is 16.7. The quantitative estimate of drug-likeness (QED) is 0.637. The van der Waals surface area contributed by atoms with Crippen molar-refractivity contribution in [2.24, 2.45) is 0 Å². The molecule has 0 aromatic heterocycles. The van der Waals surface area contributed by atoms with Crippen molar-refractivity contribution in [1.82, 2.24) is 5.32 Å². The molecule has 0 radical (unpaired) electrons. The molecule has 6 heteroatoms. The van der Waals surface area contributed by atoms with Crippen LogP contribution in [0.5, 0.6) is 0 Å². The first-order valence-electron chi connectivity index (χ1n) is 6.36. The summed E-state index contributed by atoms with van der Waals surface area (Å²) in [5.41, 5.74) is 0.162. The molecule has 1 atom stereocenters. The fraction of sp³-hybridized carbons (Fsp3) is 0.333. The lowest BCUT2D eigenvalue weighted by Gasteiger charge is -2.13. The topological polar surface area (TPSA) is 75.6 Å². The summed E-state index contributed by atoms with van der Waals surface area (Å²) >= 11 is 0. The third-order valence-corrected chi connectivity index (χ3v) is 2.51. The van der Waals surface area contributed by atoms with E-state index in [2.05, 4.69) is 17.2 Å². The van der Waals surface area contributed by atoms with Crippen molar-refractivity contribution in [1.29, 1.82) is 0 Å². The van der Waals surface area contributed by atoms with E-state index in [1.165, 1.54) is 19.1 Å². The highest BCUT2D eigenvalue weighted by Crippen LogP contribution is 2.10. The van der Waals surface area contributed by atoms with E-state index in [-0.39, 0.29) is 18.8 Å². The predicted molar refractivity (Wildman–Crippen MR) is 73.9 cm³/mol. The second-order valence-electron chi connectivity index (χ2n) is 4.10. The summed E-state index contributed by atoms with van der Waals surface area (Å²) in [5, 5.41) is 11.0. The maximum atomic E-state index is 13.7. The number of carbonyl (C=O) groups is 2. The van der Waals surface area contributed by atoms with E-state index >= 15 is 0 Å². The number of nitrogens with one attached hydrogen (secondary N) is 1. The average Bonchev–Trinajstić information content (AvgIpc) is 2.46. The van der Waals surface area contributed by atoms with Crippen LogP contribution in [-0.4, -0.2) is 36.2 Å². The van der Waals surface area contributed by atoms with Gasteiger partial charge in [-0.05, 0) is 32.0 Å². The standard InChI is InChI=1S/C15H16FNO4/c1-3-21-15(20)10(2)17-14(19)12-9-11(5-4-8-18)6-7-13(12)16/h6-7,9-10,18H,3,8H2,1-2H3,(H,17,19). The number of hydrogen-bond donors (Lipinski definition) is 2. The van der Waals surface area contributed by atoms with Gasteiger partial charge in [-0.2, -0.15) is 0 Å². The summed E-state index contributed by atoms with van der Waals surface area (Å²) in [5.74, 6) is 2.92. The summed E-state index contributed by atoms with van der Waals surface area (Å²) in [6.07, 6.45) is 0. The first-order chi connectivity index (χ1) is 9.99. The summed E-state index contributed by atoms with van der Waals surface area (Å²) < 4.78 is 18.4. The van der Waals surface area contributed by atoms with E-state index in [1.54, 1.807) is 6.92 Å². The molecule has 2 N–H and O–H groups in total. The molecule has 0 saturated heterocycles. The zero-order valence-corrected chi connectivity index (χ0v) is 11.8. The number of carbonyl (C=O) groups excluding carboxylic acids is 2. The van der Waals surface area contributed by atoms with Crippen LogP contribution >= 0.6 is 0 Å². The molecular weight excluding hydrogens is 277 g/mol. The number of hydrogen-bond acceptors (Lipinski definition) is 4. The molecule has 0 aliphatic carbocycles. The monoisotopic (exact) mass is 293 g/mol. The van der Waals surface area contributed by atoms with Crippen LogP contribution in [0.1, 0.15) is 29.8 Å². The van der Waals surface area contributed by atoms with Gasteiger partial charge in [-0.3, -0.25) is 4.79 Å². The molecule has 5 nitrogen and oxygen atoms in total. The van der Waals surface area contributed by atoms with Crippen LogP contribution in [0.15, 0.2) is 18.2 Å². The second-order valence-corrected chi connectivity index (χ2v) is 4.10. The Kier molecular flexibility index (Phi) is 6.37. The van der Waals surface area contributed by atoms with Gasteiger partial charge >= 0.3 is 5.97 Å². The first-order valence-corrected chi connectivity index (χ1v) is 6.36. The van der Waals surface area contributed by atoms with Crippen LogP contribution in [0.3, 0.4) is 0 Å². The van der Waals surface area contributed by atoms with Crippen LogP contribution in [0.2, 0.25) is 0 Å². The number of esters is 1. The minimum Gasteiger partial charge on any atom is -0.464 e. The van der Waals surface area contributed by atoms with Gasteiger partial charge in [-0.1, -0.05) is 11.8 Å². The van der Waals surface area contributed by atoms with Crippen molar-refractivity contribution in [3.63, 3.8) is 0 Å². The smallest absolute Gasteiger partial charge is 0.328 e. The Hall–Kier alpha value is -2.39. The summed E-state index contributed by atoms with van der Waals surface area (Å²) in [4.78, 5) is 23.4. The molecule has 1 rings (SSSR count). The molecule has 1 unspecified atom stereocenters. The highest BCUT2D eigenvalue weighted by atomic mass is 19.1. The lowest BCUT2D eigenvalue weighted by atomic mass is 10.1. The van der Waals surface area contributed by atoms with Crippen LogP contribution in [0, 0.1) is 17.7 Å². The maximum Gasteiger partial charge on any atom is 0.328 e. The Morgan fingerprint density at radius 1 is 1.48 bits per heavy atom. The molecule has 112 valence electrons. The number of aliphatic hydroxyl groups excluding tert-OH is 1. The van der Waals surface area contributed by atoms with Crippen LogP contribution < -0.4 is 5.32 Å². The van der Waals surface area contributed by atoms with Crippen LogP contribution in [0.25, 0.3) is 0 Å². The molecule has 21 heavy (non-hydrogen) atoms. The van der Waals surface area contributed by atoms with Crippen molar-refractivity contribution in [2.45, 2.75) is 19.9 Å². The van der Waals surface area contributed by atoms with Crippen molar-refractivity contribution < 1.29 is 23.8 Å².